The third-order valence-electron chi connectivity index (χ3n) is 5.20. The zero-order chi connectivity index (χ0) is 22.3. The second-order valence-electron chi connectivity index (χ2n) is 6.82. The summed E-state index contributed by atoms with van der Waals surface area (Å²) in [6.07, 6.45) is 1.93. The first-order chi connectivity index (χ1) is 14.1. The highest BCUT2D eigenvalue weighted by molar-refractivity contribution is 9.10. The van der Waals surface area contributed by atoms with E-state index in [0.717, 1.165) is 24.6 Å². The molecule has 1 heterocycles. The monoisotopic (exact) mass is 498 g/mol. The van der Waals surface area contributed by atoms with Gasteiger partial charge in [-0.3, -0.25) is 9.52 Å². The maximum Gasteiger partial charge on any atom is 0.337 e. The fourth-order valence-electron chi connectivity index (χ4n) is 3.67. The van der Waals surface area contributed by atoms with Gasteiger partial charge >= 0.3 is 5.97 Å². The van der Waals surface area contributed by atoms with Crippen LogP contribution in [0.5, 0.6) is 0 Å². The van der Waals surface area contributed by atoms with Crippen LogP contribution in [0.25, 0.3) is 0 Å². The van der Waals surface area contributed by atoms with Crippen molar-refractivity contribution in [2.24, 2.45) is 0 Å². The van der Waals surface area contributed by atoms with Crippen LogP contribution in [0.15, 0.2) is 39.7 Å². The quantitative estimate of drug-likeness (QED) is 0.574. The molecular weight excluding hydrogens is 479 g/mol. The molecule has 2 aliphatic rings. The number of hydrogen-bond acceptors (Lipinski definition) is 4. The molecule has 0 radical (unpaired) electrons. The predicted molar refractivity (Wildman–Crippen MR) is 114 cm³/mol. The van der Waals surface area contributed by atoms with Crippen molar-refractivity contribution in [1.82, 2.24) is 0 Å². The molecule has 30 heavy (non-hydrogen) atoms. The summed E-state index contributed by atoms with van der Waals surface area (Å²) in [6, 6.07) is 6.08. The van der Waals surface area contributed by atoms with Crippen LogP contribution in [0.1, 0.15) is 49.0 Å². The summed E-state index contributed by atoms with van der Waals surface area (Å²) in [5.74, 6) is -2.53. The molecule has 1 spiro atoms. The number of carbonyl (C=O) groups excluding carboxylic acids is 1. The molecule has 0 unspecified atom stereocenters. The van der Waals surface area contributed by atoms with Crippen molar-refractivity contribution in [3.05, 3.63) is 51.7 Å². The number of halogens is 2. The summed E-state index contributed by atoms with van der Waals surface area (Å²) >= 11 is 3.06. The van der Waals surface area contributed by atoms with Gasteiger partial charge in [-0.05, 0) is 48.7 Å². The van der Waals surface area contributed by atoms with E-state index in [1.54, 1.807) is 0 Å². The van der Waals surface area contributed by atoms with Crippen LogP contribution in [0.3, 0.4) is 0 Å². The van der Waals surface area contributed by atoms with Crippen molar-refractivity contribution in [2.45, 2.75) is 43.4 Å². The van der Waals surface area contributed by atoms with Gasteiger partial charge in [-0.15, -0.1) is 0 Å². The summed E-state index contributed by atoms with van der Waals surface area (Å²) < 4.78 is 42.0. The van der Waals surface area contributed by atoms with E-state index < -0.39 is 32.1 Å². The Balaban J connectivity index is 0.00000124. The molecule has 0 bridgehead atoms. The lowest BCUT2D eigenvalue weighted by atomic mass is 9.65. The van der Waals surface area contributed by atoms with E-state index in [4.69, 9.17) is 0 Å². The lowest BCUT2D eigenvalue weighted by molar-refractivity contribution is -0.123. The van der Waals surface area contributed by atoms with Crippen LogP contribution < -0.4 is 10.0 Å². The van der Waals surface area contributed by atoms with Gasteiger partial charge < -0.3 is 10.4 Å². The third-order valence-corrected chi connectivity index (χ3v) is 7.11. The summed E-state index contributed by atoms with van der Waals surface area (Å²) in [7, 11) is -4.30. The third kappa shape index (κ3) is 3.58. The molecule has 4 rings (SSSR count). The minimum atomic E-state index is -4.30. The fourth-order valence-corrected chi connectivity index (χ4v) is 5.10. The molecule has 160 valence electrons. The van der Waals surface area contributed by atoms with Crippen molar-refractivity contribution in [3.8, 4) is 0 Å². The van der Waals surface area contributed by atoms with Gasteiger partial charge in [0.05, 0.1) is 22.4 Å². The summed E-state index contributed by atoms with van der Waals surface area (Å²) in [5, 5.41) is 12.1. The lowest BCUT2D eigenvalue weighted by Crippen LogP contribution is -2.40. The topological polar surface area (TPSA) is 113 Å². The number of rotatable bonds is 4. The lowest BCUT2D eigenvalue weighted by Gasteiger charge is -2.36. The molecule has 0 atom stereocenters. The molecule has 0 aromatic heterocycles. The SMILES string of the molecule is CC.O=C(O)c1cc(NS(=O)(=O)c2ccc(Br)cc2F)cc2c1NC(=O)C21CCC1. The Kier molecular flexibility index (Phi) is 5.92. The number of carboxylic acid groups (broad SMARTS) is 1. The Morgan fingerprint density at radius 1 is 1.23 bits per heavy atom. The highest BCUT2D eigenvalue weighted by atomic mass is 79.9. The van der Waals surface area contributed by atoms with Crippen LogP contribution in [0, 0.1) is 5.82 Å². The van der Waals surface area contributed by atoms with E-state index in [1.807, 2.05) is 13.8 Å². The average Bonchev–Trinajstić information content (AvgIpc) is 2.93. The number of carboxylic acids is 1. The van der Waals surface area contributed by atoms with Crippen molar-refractivity contribution in [1.29, 1.82) is 0 Å². The van der Waals surface area contributed by atoms with Gasteiger partial charge in [-0.2, -0.15) is 0 Å². The highest BCUT2D eigenvalue weighted by Crippen LogP contribution is 2.52. The number of anilines is 2. The van der Waals surface area contributed by atoms with Gasteiger partial charge in [0.15, 0.2) is 0 Å². The Labute approximate surface area is 181 Å². The zero-order valence-electron chi connectivity index (χ0n) is 16.3. The average molecular weight is 499 g/mol. The minimum Gasteiger partial charge on any atom is -0.478 e. The number of benzene rings is 2. The minimum absolute atomic E-state index is 0.0405. The van der Waals surface area contributed by atoms with Crippen molar-refractivity contribution < 1.29 is 27.5 Å². The molecule has 1 saturated carbocycles. The zero-order valence-corrected chi connectivity index (χ0v) is 18.7. The van der Waals surface area contributed by atoms with Crippen LogP contribution in [-0.2, 0) is 20.2 Å². The van der Waals surface area contributed by atoms with Crippen LogP contribution >= 0.6 is 15.9 Å². The predicted octanol–water partition coefficient (Wildman–Crippen LogP) is 4.49. The van der Waals surface area contributed by atoms with Crippen LogP contribution in [0.2, 0.25) is 0 Å². The number of carbonyl (C=O) groups is 2. The Morgan fingerprint density at radius 3 is 2.43 bits per heavy atom. The fraction of sp³-hybridized carbons (Fsp3) is 0.300. The van der Waals surface area contributed by atoms with Gasteiger partial charge in [0.25, 0.3) is 10.0 Å². The molecule has 2 aromatic rings. The Bertz CT molecular complexity index is 1150. The van der Waals surface area contributed by atoms with Gasteiger partial charge in [-0.25, -0.2) is 17.6 Å². The maximum atomic E-state index is 14.1. The number of sulfonamides is 1. The van der Waals surface area contributed by atoms with Gasteiger partial charge in [0.1, 0.15) is 10.7 Å². The smallest absolute Gasteiger partial charge is 0.337 e. The van der Waals surface area contributed by atoms with Crippen LogP contribution in [0.4, 0.5) is 15.8 Å². The molecule has 10 heteroatoms. The second kappa shape index (κ2) is 7.99. The van der Waals surface area contributed by atoms with Gasteiger partial charge in [0, 0.05) is 4.47 Å². The molecule has 1 aliphatic carbocycles. The first-order valence-corrected chi connectivity index (χ1v) is 11.6. The number of aromatic carboxylic acids is 1. The first-order valence-electron chi connectivity index (χ1n) is 9.35. The number of fused-ring (bicyclic) bond motifs is 2. The van der Waals surface area contributed by atoms with E-state index in [9.17, 15) is 27.5 Å². The van der Waals surface area contributed by atoms with E-state index in [2.05, 4.69) is 26.0 Å². The summed E-state index contributed by atoms with van der Waals surface area (Å²) in [6.45, 7) is 4.00. The van der Waals surface area contributed by atoms with E-state index >= 15 is 0 Å². The van der Waals surface area contributed by atoms with Crippen molar-refractivity contribution in [3.63, 3.8) is 0 Å². The standard InChI is InChI=1S/C18H14BrFN2O5S.C2H6/c19-9-2-3-14(13(20)6-9)28(26,27)22-10-7-11(16(23)24)15-12(8-10)18(4-1-5-18)17(25)21-15;1-2/h2-3,6-8,22H,1,4-5H2,(H,21,25)(H,23,24);1-2H3. The summed E-state index contributed by atoms with van der Waals surface area (Å²) in [5.41, 5.74) is -0.443. The maximum absolute atomic E-state index is 14.1. The normalized spacial score (nSPS) is 16.1. The second-order valence-corrected chi connectivity index (χ2v) is 9.39. The molecule has 1 aliphatic heterocycles. The molecular formula is C20H20BrFN2O5S. The number of hydrogen-bond donors (Lipinski definition) is 3. The Morgan fingerprint density at radius 2 is 1.90 bits per heavy atom. The molecule has 3 N–H and O–H groups in total. The van der Waals surface area contributed by atoms with Crippen LogP contribution in [-0.4, -0.2) is 25.4 Å². The molecule has 2 aromatic carbocycles. The van der Waals surface area contributed by atoms with Crippen molar-refractivity contribution in [2.75, 3.05) is 10.0 Å². The van der Waals surface area contributed by atoms with E-state index in [-0.39, 0.29) is 22.8 Å². The van der Waals surface area contributed by atoms with E-state index in [1.165, 1.54) is 12.1 Å². The number of nitrogens with one attached hydrogen (secondary N) is 2. The largest absolute Gasteiger partial charge is 0.478 e. The highest BCUT2D eigenvalue weighted by Gasteiger charge is 2.52. The molecule has 7 nitrogen and oxygen atoms in total. The summed E-state index contributed by atoms with van der Waals surface area (Å²) in [4.78, 5) is 23.5. The molecule has 1 amide bonds. The van der Waals surface area contributed by atoms with E-state index in [0.29, 0.717) is 22.9 Å². The molecule has 1 fully saturated rings. The molecule has 0 saturated heterocycles. The van der Waals surface area contributed by atoms with Crippen molar-refractivity contribution >= 4 is 49.2 Å². The Hall–Kier alpha value is -2.46. The van der Waals surface area contributed by atoms with Gasteiger partial charge in [0.2, 0.25) is 5.91 Å². The number of amides is 1. The first kappa shape index (κ1) is 22.2. The van der Waals surface area contributed by atoms with Gasteiger partial charge in [-0.1, -0.05) is 36.2 Å².